The fraction of sp³-hybridized carbons (Fsp3) is 1.00. The van der Waals surface area contributed by atoms with Crippen LogP contribution in [-0.2, 0) is 4.74 Å². The molecule has 0 aromatic carbocycles. The summed E-state index contributed by atoms with van der Waals surface area (Å²) in [5.41, 5.74) is -0.636. The molecular formula is C13H23F3O2. The van der Waals surface area contributed by atoms with Crippen LogP contribution in [0.2, 0.25) is 0 Å². The third-order valence-electron chi connectivity index (χ3n) is 3.94. The van der Waals surface area contributed by atoms with E-state index < -0.39 is 24.3 Å². The van der Waals surface area contributed by atoms with Gasteiger partial charge in [0.2, 0.25) is 0 Å². The van der Waals surface area contributed by atoms with Crippen molar-refractivity contribution in [2.45, 2.75) is 69.8 Å². The molecule has 0 saturated heterocycles. The Bertz CT molecular complexity index is 255. The smallest absolute Gasteiger partial charge is 0.389 e. The standard InChI is InChI=1S/C13H23F3O2/c1-10-5-3-7-12(9-10,18-2)11(17)6-4-8-13(14,15)16/h10-11,17H,3-9H2,1-2H3. The Morgan fingerprint density at radius 1 is 1.44 bits per heavy atom. The molecule has 0 radical (unpaired) electrons. The summed E-state index contributed by atoms with van der Waals surface area (Å²) in [6, 6.07) is 0. The maximum absolute atomic E-state index is 12.1. The van der Waals surface area contributed by atoms with Crippen molar-refractivity contribution in [2.24, 2.45) is 5.92 Å². The molecule has 0 aliphatic heterocycles. The lowest BCUT2D eigenvalue weighted by Crippen LogP contribution is -2.47. The van der Waals surface area contributed by atoms with Crippen molar-refractivity contribution in [2.75, 3.05) is 7.11 Å². The zero-order valence-corrected chi connectivity index (χ0v) is 11.1. The van der Waals surface area contributed by atoms with Crippen LogP contribution >= 0.6 is 0 Å². The molecule has 3 unspecified atom stereocenters. The average Bonchev–Trinajstić information content (AvgIpc) is 2.27. The Labute approximate surface area is 107 Å². The number of methoxy groups -OCH3 is 1. The molecule has 108 valence electrons. The van der Waals surface area contributed by atoms with Crippen molar-refractivity contribution in [3.8, 4) is 0 Å². The Hall–Kier alpha value is -0.290. The number of halogens is 3. The Morgan fingerprint density at radius 2 is 2.11 bits per heavy atom. The normalized spacial score (nSPS) is 31.3. The summed E-state index contributed by atoms with van der Waals surface area (Å²) in [5, 5.41) is 10.1. The van der Waals surface area contributed by atoms with Crippen LogP contribution in [0.1, 0.15) is 51.9 Å². The van der Waals surface area contributed by atoms with Crippen molar-refractivity contribution in [1.29, 1.82) is 0 Å². The van der Waals surface area contributed by atoms with E-state index in [2.05, 4.69) is 6.92 Å². The predicted octanol–water partition coefficient (Wildman–Crippen LogP) is 3.68. The summed E-state index contributed by atoms with van der Waals surface area (Å²) in [7, 11) is 1.55. The number of rotatable bonds is 5. The molecule has 0 amide bonds. The summed E-state index contributed by atoms with van der Waals surface area (Å²) >= 11 is 0. The molecule has 1 aliphatic carbocycles. The number of alkyl halides is 3. The maximum Gasteiger partial charge on any atom is 0.389 e. The van der Waals surface area contributed by atoms with E-state index in [1.165, 1.54) is 0 Å². The number of hydrogen-bond donors (Lipinski definition) is 1. The molecule has 1 saturated carbocycles. The van der Waals surface area contributed by atoms with Gasteiger partial charge in [-0.3, -0.25) is 0 Å². The van der Waals surface area contributed by atoms with Gasteiger partial charge < -0.3 is 9.84 Å². The predicted molar refractivity (Wildman–Crippen MR) is 63.3 cm³/mol. The first-order valence-corrected chi connectivity index (χ1v) is 6.59. The Morgan fingerprint density at radius 3 is 2.61 bits per heavy atom. The molecule has 1 N–H and O–H groups in total. The van der Waals surface area contributed by atoms with Crippen LogP contribution in [0, 0.1) is 5.92 Å². The van der Waals surface area contributed by atoms with Crippen LogP contribution < -0.4 is 0 Å². The highest BCUT2D eigenvalue weighted by Gasteiger charge is 2.41. The summed E-state index contributed by atoms with van der Waals surface area (Å²) in [6.45, 7) is 2.09. The summed E-state index contributed by atoms with van der Waals surface area (Å²) in [4.78, 5) is 0. The monoisotopic (exact) mass is 268 g/mol. The number of aliphatic hydroxyl groups excluding tert-OH is 1. The molecule has 1 fully saturated rings. The lowest BCUT2D eigenvalue weighted by Gasteiger charge is -2.42. The highest BCUT2D eigenvalue weighted by molar-refractivity contribution is 4.92. The van der Waals surface area contributed by atoms with Crippen molar-refractivity contribution in [3.05, 3.63) is 0 Å². The minimum atomic E-state index is -4.14. The zero-order valence-electron chi connectivity index (χ0n) is 11.1. The second-order valence-corrected chi connectivity index (χ2v) is 5.49. The highest BCUT2D eigenvalue weighted by atomic mass is 19.4. The van der Waals surface area contributed by atoms with E-state index in [1.807, 2.05) is 0 Å². The average molecular weight is 268 g/mol. The molecule has 0 aromatic heterocycles. The van der Waals surface area contributed by atoms with Gasteiger partial charge in [-0.1, -0.05) is 19.8 Å². The quantitative estimate of drug-likeness (QED) is 0.824. The van der Waals surface area contributed by atoms with Crippen LogP contribution in [0.4, 0.5) is 13.2 Å². The SMILES string of the molecule is COC1(C(O)CCCC(F)(F)F)CCCC(C)C1. The second-order valence-electron chi connectivity index (χ2n) is 5.49. The molecule has 0 spiro atoms. The van der Waals surface area contributed by atoms with Gasteiger partial charge in [-0.05, 0) is 31.6 Å². The Balaban J connectivity index is 2.48. The van der Waals surface area contributed by atoms with Crippen LogP contribution in [0.25, 0.3) is 0 Å². The van der Waals surface area contributed by atoms with Gasteiger partial charge in [0.15, 0.2) is 0 Å². The topological polar surface area (TPSA) is 29.5 Å². The maximum atomic E-state index is 12.1. The minimum Gasteiger partial charge on any atom is -0.390 e. The highest BCUT2D eigenvalue weighted by Crippen LogP contribution is 2.39. The number of aliphatic hydroxyl groups is 1. The summed E-state index contributed by atoms with van der Waals surface area (Å²) in [5.74, 6) is 0.455. The van der Waals surface area contributed by atoms with E-state index in [9.17, 15) is 18.3 Å². The van der Waals surface area contributed by atoms with E-state index in [0.717, 1.165) is 25.7 Å². The van der Waals surface area contributed by atoms with Crippen molar-refractivity contribution < 1.29 is 23.0 Å². The third-order valence-corrected chi connectivity index (χ3v) is 3.94. The molecular weight excluding hydrogens is 245 g/mol. The van der Waals surface area contributed by atoms with Crippen molar-refractivity contribution in [3.63, 3.8) is 0 Å². The van der Waals surface area contributed by atoms with Gasteiger partial charge in [0.05, 0.1) is 11.7 Å². The fourth-order valence-electron chi connectivity index (χ4n) is 2.93. The first kappa shape index (κ1) is 15.8. The summed E-state index contributed by atoms with van der Waals surface area (Å²) in [6.07, 6.45) is -2.13. The van der Waals surface area contributed by atoms with Crippen LogP contribution in [0.15, 0.2) is 0 Å². The van der Waals surface area contributed by atoms with Crippen LogP contribution in [0.5, 0.6) is 0 Å². The van der Waals surface area contributed by atoms with Gasteiger partial charge in [-0.15, -0.1) is 0 Å². The molecule has 0 aromatic rings. The van der Waals surface area contributed by atoms with Gasteiger partial charge in [-0.25, -0.2) is 0 Å². The lowest BCUT2D eigenvalue weighted by atomic mass is 9.74. The van der Waals surface area contributed by atoms with Gasteiger partial charge >= 0.3 is 6.18 Å². The number of ether oxygens (including phenoxy) is 1. The van der Waals surface area contributed by atoms with E-state index in [1.54, 1.807) is 7.11 Å². The molecule has 0 heterocycles. The first-order chi connectivity index (χ1) is 8.29. The Kier molecular flexibility index (Phi) is 5.46. The molecule has 1 aliphatic rings. The van der Waals surface area contributed by atoms with Gasteiger partial charge in [-0.2, -0.15) is 13.2 Å². The van der Waals surface area contributed by atoms with Crippen LogP contribution in [0.3, 0.4) is 0 Å². The van der Waals surface area contributed by atoms with E-state index >= 15 is 0 Å². The molecule has 0 bridgehead atoms. The van der Waals surface area contributed by atoms with Gasteiger partial charge in [0, 0.05) is 13.5 Å². The van der Waals surface area contributed by atoms with Crippen LogP contribution in [-0.4, -0.2) is 30.1 Å². The first-order valence-electron chi connectivity index (χ1n) is 6.59. The lowest BCUT2D eigenvalue weighted by molar-refractivity contribution is -0.149. The summed E-state index contributed by atoms with van der Waals surface area (Å²) < 4.78 is 41.7. The molecule has 18 heavy (non-hydrogen) atoms. The van der Waals surface area contributed by atoms with Gasteiger partial charge in [0.25, 0.3) is 0 Å². The third kappa shape index (κ3) is 4.43. The molecule has 2 nitrogen and oxygen atoms in total. The van der Waals surface area contributed by atoms with E-state index in [4.69, 9.17) is 4.74 Å². The molecule has 5 heteroatoms. The minimum absolute atomic E-state index is 0.0375. The molecule has 1 rings (SSSR count). The second kappa shape index (κ2) is 6.24. The van der Waals surface area contributed by atoms with Crippen molar-refractivity contribution in [1.82, 2.24) is 0 Å². The number of hydrogen-bond acceptors (Lipinski definition) is 2. The largest absolute Gasteiger partial charge is 0.390 e. The fourth-order valence-corrected chi connectivity index (χ4v) is 2.93. The van der Waals surface area contributed by atoms with Crippen molar-refractivity contribution >= 4 is 0 Å². The zero-order chi connectivity index (χ0) is 13.8. The van der Waals surface area contributed by atoms with E-state index in [-0.39, 0.29) is 12.8 Å². The van der Waals surface area contributed by atoms with E-state index in [0.29, 0.717) is 5.92 Å². The molecule has 3 atom stereocenters. The van der Waals surface area contributed by atoms with Gasteiger partial charge in [0.1, 0.15) is 0 Å².